The van der Waals surface area contributed by atoms with Gasteiger partial charge in [-0.1, -0.05) is 64.1 Å². The second kappa shape index (κ2) is 17.6. The molecule has 57 heavy (non-hydrogen) atoms. The molecule has 2 aliphatic rings. The van der Waals surface area contributed by atoms with Crippen molar-refractivity contribution in [1.29, 1.82) is 0 Å². The number of benzene rings is 2. The minimum Gasteiger partial charge on any atom is -0.453 e. The summed E-state index contributed by atoms with van der Waals surface area (Å²) in [4.78, 5) is 68.7. The van der Waals surface area contributed by atoms with Crippen LogP contribution >= 0.6 is 11.8 Å². The number of hydrogen-bond donors (Lipinski definition) is 4. The van der Waals surface area contributed by atoms with E-state index in [2.05, 4.69) is 35.7 Å². The summed E-state index contributed by atoms with van der Waals surface area (Å²) < 4.78 is 25.2. The SMILES string of the molecule is COC(=O)N[C@H](C(=O)N1C[C@@H](SC)C[C@H]1c1ncc(-c2ccc(-c3ccc(-c4cnc([C@@H]5CC=NN5C(=O)[C@@H](NC(=O)OC)C(C)C)[nH]4)cc3)c(F)c2)[nH]1)C(C)C. The van der Waals surface area contributed by atoms with Gasteiger partial charge in [-0.15, -0.1) is 0 Å². The van der Waals surface area contributed by atoms with Gasteiger partial charge in [-0.2, -0.15) is 16.9 Å². The third-order valence-electron chi connectivity index (χ3n) is 10.3. The van der Waals surface area contributed by atoms with Gasteiger partial charge in [0.25, 0.3) is 5.91 Å². The van der Waals surface area contributed by atoms with E-state index in [4.69, 9.17) is 9.47 Å². The number of aromatic nitrogens is 4. The lowest BCUT2D eigenvalue weighted by Crippen LogP contribution is -2.51. The maximum absolute atomic E-state index is 15.8. The van der Waals surface area contributed by atoms with Crippen molar-refractivity contribution in [2.75, 3.05) is 27.0 Å². The molecule has 0 unspecified atom stereocenters. The van der Waals surface area contributed by atoms with Crippen LogP contribution in [0.25, 0.3) is 33.6 Å². The fourth-order valence-corrected chi connectivity index (χ4v) is 7.78. The molecule has 2 aromatic heterocycles. The van der Waals surface area contributed by atoms with E-state index in [1.807, 2.05) is 64.3 Å². The first-order chi connectivity index (χ1) is 27.3. The van der Waals surface area contributed by atoms with Gasteiger partial charge in [0, 0.05) is 35.6 Å². The van der Waals surface area contributed by atoms with E-state index in [1.165, 1.54) is 25.3 Å². The molecule has 2 aromatic carbocycles. The van der Waals surface area contributed by atoms with Gasteiger partial charge in [-0.05, 0) is 41.7 Å². The van der Waals surface area contributed by atoms with Gasteiger partial charge < -0.3 is 35.0 Å². The standard InChI is InChI=1S/C40H48FN9O6S/c1-21(2)33(47-39(53)55-5)37(51)49-20-26(57-7)17-32(49)36-43-19-30(46-36)25-12-13-27(28(41)16-25)23-8-10-24(11-9-23)29-18-42-35(45-29)31-14-15-44-50(31)38(52)34(22(3)4)48-40(54)56-6/h8-13,15-16,18-19,21-22,26,31-34H,14,17,20H2,1-7H3,(H,42,45)(H,43,46)(H,47,53)(H,48,54)/t26-,31-,32-,33-,34-/m0/s1. The molecule has 1 fully saturated rings. The summed E-state index contributed by atoms with van der Waals surface area (Å²) in [5.41, 5.74) is 3.83. The molecule has 0 aliphatic carbocycles. The Morgan fingerprint density at radius 2 is 1.35 bits per heavy atom. The number of nitrogens with zero attached hydrogens (tertiary/aromatic N) is 5. The van der Waals surface area contributed by atoms with Crippen LogP contribution in [-0.4, -0.2) is 104 Å². The van der Waals surface area contributed by atoms with E-state index in [9.17, 15) is 19.2 Å². The molecule has 0 spiro atoms. The summed E-state index contributed by atoms with van der Waals surface area (Å²) in [5, 5.41) is 11.1. The first-order valence-corrected chi connectivity index (χ1v) is 20.0. The number of carbonyl (C=O) groups excluding carboxylic acids is 4. The van der Waals surface area contributed by atoms with Crippen LogP contribution in [0.2, 0.25) is 0 Å². The molecule has 17 heteroatoms. The molecule has 4 N–H and O–H groups in total. The summed E-state index contributed by atoms with van der Waals surface area (Å²) in [6, 6.07) is 9.97. The summed E-state index contributed by atoms with van der Waals surface area (Å²) >= 11 is 1.67. The molecule has 0 bridgehead atoms. The Balaban J connectivity index is 1.15. The van der Waals surface area contributed by atoms with Crippen molar-refractivity contribution < 1.29 is 33.0 Å². The number of aromatic amines is 2. The van der Waals surface area contributed by atoms with Crippen molar-refractivity contribution in [1.82, 2.24) is 40.5 Å². The van der Waals surface area contributed by atoms with E-state index in [1.54, 1.807) is 41.3 Å². The molecular weight excluding hydrogens is 754 g/mol. The van der Waals surface area contributed by atoms with Gasteiger partial charge in [0.1, 0.15) is 35.6 Å². The van der Waals surface area contributed by atoms with Gasteiger partial charge in [0.05, 0.1) is 44.0 Å². The molecule has 4 aromatic rings. The number of likely N-dealkylation sites (tertiary alicyclic amines) is 1. The number of H-pyrrole nitrogens is 2. The molecule has 2 aliphatic heterocycles. The Kier molecular flexibility index (Phi) is 12.6. The number of imidazole rings is 2. The molecule has 0 saturated carbocycles. The van der Waals surface area contributed by atoms with E-state index >= 15 is 4.39 Å². The van der Waals surface area contributed by atoms with Crippen molar-refractivity contribution >= 4 is 42.0 Å². The Morgan fingerprint density at radius 3 is 1.91 bits per heavy atom. The highest BCUT2D eigenvalue weighted by molar-refractivity contribution is 7.99. The number of thioether (sulfide) groups is 1. The number of methoxy groups -OCH3 is 2. The Morgan fingerprint density at radius 1 is 0.807 bits per heavy atom. The monoisotopic (exact) mass is 801 g/mol. The van der Waals surface area contributed by atoms with Crippen LogP contribution in [-0.2, 0) is 19.1 Å². The van der Waals surface area contributed by atoms with Crippen LogP contribution < -0.4 is 10.6 Å². The smallest absolute Gasteiger partial charge is 0.407 e. The molecule has 15 nitrogen and oxygen atoms in total. The van der Waals surface area contributed by atoms with Gasteiger partial charge in [-0.3, -0.25) is 9.59 Å². The zero-order valence-electron chi connectivity index (χ0n) is 32.9. The van der Waals surface area contributed by atoms with Crippen molar-refractivity contribution in [2.45, 2.75) is 70.0 Å². The third-order valence-corrected chi connectivity index (χ3v) is 11.3. The molecule has 6 rings (SSSR count). The summed E-state index contributed by atoms with van der Waals surface area (Å²) in [6.45, 7) is 7.89. The number of amides is 4. The zero-order chi connectivity index (χ0) is 41.0. The predicted molar refractivity (Wildman–Crippen MR) is 214 cm³/mol. The van der Waals surface area contributed by atoms with Crippen molar-refractivity contribution in [3.05, 3.63) is 72.3 Å². The van der Waals surface area contributed by atoms with E-state index in [-0.39, 0.29) is 34.9 Å². The van der Waals surface area contributed by atoms with E-state index in [0.29, 0.717) is 59.1 Å². The topological polar surface area (TPSA) is 187 Å². The Hall–Kier alpha value is -5.71. The first-order valence-electron chi connectivity index (χ1n) is 18.7. The molecule has 1 saturated heterocycles. The van der Waals surface area contributed by atoms with Crippen LogP contribution in [0.15, 0.2) is 60.0 Å². The molecule has 5 atom stereocenters. The van der Waals surface area contributed by atoms with E-state index < -0.39 is 36.1 Å². The zero-order valence-corrected chi connectivity index (χ0v) is 33.7. The third kappa shape index (κ3) is 8.82. The van der Waals surface area contributed by atoms with Gasteiger partial charge >= 0.3 is 12.2 Å². The average Bonchev–Trinajstić information content (AvgIpc) is 4.04. The number of halogens is 1. The number of ether oxygens (including phenoxy) is 2. The molecule has 0 radical (unpaired) electrons. The first kappa shape index (κ1) is 40.9. The number of nitrogens with one attached hydrogen (secondary N) is 4. The van der Waals surface area contributed by atoms with Crippen molar-refractivity contribution in [2.24, 2.45) is 16.9 Å². The normalized spacial score (nSPS) is 18.9. The molecule has 302 valence electrons. The average molecular weight is 802 g/mol. The van der Waals surface area contributed by atoms with Crippen molar-refractivity contribution in [3.8, 4) is 33.6 Å². The van der Waals surface area contributed by atoms with Crippen molar-refractivity contribution in [3.63, 3.8) is 0 Å². The van der Waals surface area contributed by atoms with Gasteiger partial charge in [0.15, 0.2) is 0 Å². The quantitative estimate of drug-likeness (QED) is 0.128. The highest BCUT2D eigenvalue weighted by Gasteiger charge is 2.41. The number of rotatable bonds is 12. The predicted octanol–water partition coefficient (Wildman–Crippen LogP) is 6.30. The highest BCUT2D eigenvalue weighted by atomic mass is 32.2. The minimum absolute atomic E-state index is 0.168. The lowest BCUT2D eigenvalue weighted by Gasteiger charge is -2.30. The van der Waals surface area contributed by atoms with Gasteiger partial charge in [-0.25, -0.2) is 29.0 Å². The minimum atomic E-state index is -0.835. The maximum atomic E-state index is 15.8. The van der Waals surface area contributed by atoms with Crippen LogP contribution in [0.1, 0.15) is 64.3 Å². The number of hydrogen-bond acceptors (Lipinski definition) is 10. The maximum Gasteiger partial charge on any atom is 0.407 e. The molecular formula is C40H48FN9O6S. The second-order valence-corrected chi connectivity index (χ2v) is 15.8. The number of alkyl carbamates (subject to hydrolysis) is 2. The number of carbonyl (C=O) groups is 4. The van der Waals surface area contributed by atoms with Crippen LogP contribution in [0.5, 0.6) is 0 Å². The largest absolute Gasteiger partial charge is 0.453 e. The summed E-state index contributed by atoms with van der Waals surface area (Å²) in [7, 11) is 2.51. The molecule has 4 heterocycles. The number of hydrazone groups is 1. The fourth-order valence-electron chi connectivity index (χ4n) is 7.10. The summed E-state index contributed by atoms with van der Waals surface area (Å²) in [6.07, 6.45) is 6.72. The fraction of sp³-hybridized carbons (Fsp3) is 0.425. The van der Waals surface area contributed by atoms with E-state index in [0.717, 1.165) is 5.56 Å². The van der Waals surface area contributed by atoms with Crippen LogP contribution in [0, 0.1) is 17.7 Å². The lowest BCUT2D eigenvalue weighted by atomic mass is 10.0. The Bertz CT molecular complexity index is 2120. The Labute approximate surface area is 334 Å². The van der Waals surface area contributed by atoms with Crippen LogP contribution in [0.4, 0.5) is 14.0 Å². The lowest BCUT2D eigenvalue weighted by molar-refractivity contribution is -0.136. The highest BCUT2D eigenvalue weighted by Crippen LogP contribution is 2.38. The van der Waals surface area contributed by atoms with Gasteiger partial charge in [0.2, 0.25) is 5.91 Å². The van der Waals surface area contributed by atoms with Crippen LogP contribution in [0.3, 0.4) is 0 Å². The summed E-state index contributed by atoms with van der Waals surface area (Å²) in [5.74, 6) is -0.248. The molecule has 4 amide bonds. The second-order valence-electron chi connectivity index (χ2n) is 14.7.